The van der Waals surface area contributed by atoms with E-state index in [4.69, 9.17) is 28.9 Å². The fourth-order valence-corrected chi connectivity index (χ4v) is 6.81. The number of rotatable bonds is 13. The average Bonchev–Trinajstić information content (AvgIpc) is 3.41. The first kappa shape index (κ1) is 35.8. The Hall–Kier alpha value is -6.63. The molecule has 3 aliphatic heterocycles. The number of esters is 1. The number of carbonyl (C=O) groups excluding carboxylic acids is 2. The Balaban J connectivity index is 1.02. The number of benzene rings is 4. The second kappa shape index (κ2) is 15.2. The average molecular weight is 730 g/mol. The van der Waals surface area contributed by atoms with Gasteiger partial charge in [-0.25, -0.2) is 9.78 Å². The van der Waals surface area contributed by atoms with E-state index in [2.05, 4.69) is 15.0 Å². The second-order valence-electron chi connectivity index (χ2n) is 13.0. The van der Waals surface area contributed by atoms with Gasteiger partial charge >= 0.3 is 5.97 Å². The fourth-order valence-electron chi connectivity index (χ4n) is 6.81. The van der Waals surface area contributed by atoms with E-state index in [1.165, 1.54) is 24.1 Å². The zero-order valence-corrected chi connectivity index (χ0v) is 29.5. The molecule has 1 N–H and O–H groups in total. The Kier molecular flexibility index (Phi) is 10.0. The van der Waals surface area contributed by atoms with Crippen LogP contribution in [-0.4, -0.2) is 52.7 Å². The number of azide groups is 1. The molecule has 1 aliphatic carbocycles. The summed E-state index contributed by atoms with van der Waals surface area (Å²) >= 11 is 0. The van der Waals surface area contributed by atoms with Crippen LogP contribution in [0.2, 0.25) is 0 Å². The van der Waals surface area contributed by atoms with Crippen molar-refractivity contribution in [3.63, 3.8) is 0 Å². The molecule has 14 heteroatoms. The van der Waals surface area contributed by atoms with Crippen molar-refractivity contribution in [1.82, 2.24) is 9.88 Å². The van der Waals surface area contributed by atoms with E-state index in [1.54, 1.807) is 73.7 Å². The van der Waals surface area contributed by atoms with Crippen LogP contribution in [0.25, 0.3) is 33.0 Å². The molecule has 1 amide bonds. The first-order valence-corrected chi connectivity index (χ1v) is 17.2. The van der Waals surface area contributed by atoms with Gasteiger partial charge in [-0.2, -0.15) is 0 Å². The van der Waals surface area contributed by atoms with E-state index in [0.717, 1.165) is 5.56 Å². The molecule has 0 spiro atoms. The summed E-state index contributed by atoms with van der Waals surface area (Å²) in [6.07, 6.45) is 2.62. The first-order valence-electron chi connectivity index (χ1n) is 17.2. The Morgan fingerprint density at radius 1 is 1.02 bits per heavy atom. The molecular formula is C40H35N5O9. The highest BCUT2D eigenvalue weighted by atomic mass is 16.5. The third-order valence-corrected chi connectivity index (χ3v) is 9.47. The van der Waals surface area contributed by atoms with Gasteiger partial charge in [-0.1, -0.05) is 48.4 Å². The largest absolute Gasteiger partial charge is 0.493 e. The number of aliphatic hydroxyl groups is 1. The van der Waals surface area contributed by atoms with Gasteiger partial charge in [0.1, 0.15) is 42.5 Å². The number of aromatic nitrogens is 1. The van der Waals surface area contributed by atoms with Crippen LogP contribution in [0.5, 0.6) is 17.2 Å². The zero-order chi connectivity index (χ0) is 37.9. The Bertz CT molecular complexity index is 2380. The number of ether oxygens (including phenoxy) is 4. The number of carbonyl (C=O) groups is 2. The number of nitrogens with zero attached hydrogens (tertiary/aromatic N) is 5. The molecule has 54 heavy (non-hydrogen) atoms. The molecule has 0 aromatic heterocycles. The molecule has 0 radical (unpaired) electrons. The van der Waals surface area contributed by atoms with Gasteiger partial charge in [0, 0.05) is 28.6 Å². The molecule has 274 valence electrons. The number of hydrogen-bond acceptors (Lipinski definition) is 11. The van der Waals surface area contributed by atoms with Gasteiger partial charge in [0.05, 0.1) is 25.2 Å². The van der Waals surface area contributed by atoms with E-state index < -0.39 is 18.0 Å². The summed E-state index contributed by atoms with van der Waals surface area (Å²) < 4.78 is 29.2. The number of amides is 1. The summed E-state index contributed by atoms with van der Waals surface area (Å²) in [5.74, 6) is 0.0420. The molecule has 4 atom stereocenters. The van der Waals surface area contributed by atoms with Crippen molar-refractivity contribution in [2.24, 2.45) is 17.0 Å². The monoisotopic (exact) mass is 729 g/mol. The lowest BCUT2D eigenvalue weighted by Crippen LogP contribution is -2.63. The van der Waals surface area contributed by atoms with Gasteiger partial charge in [0.2, 0.25) is 5.91 Å². The van der Waals surface area contributed by atoms with Crippen molar-refractivity contribution in [2.75, 3.05) is 13.7 Å². The molecule has 3 heterocycles. The maximum absolute atomic E-state index is 13.5. The normalized spacial score (nSPS) is 18.3. The van der Waals surface area contributed by atoms with Crippen LogP contribution in [0.15, 0.2) is 117 Å². The maximum atomic E-state index is 13.5. The third kappa shape index (κ3) is 7.07. The highest BCUT2D eigenvalue weighted by Crippen LogP contribution is 2.48. The van der Waals surface area contributed by atoms with Crippen LogP contribution >= 0.6 is 0 Å². The van der Waals surface area contributed by atoms with E-state index in [1.807, 2.05) is 19.1 Å². The van der Waals surface area contributed by atoms with Crippen LogP contribution in [0.3, 0.4) is 0 Å². The topological polar surface area (TPSA) is 186 Å². The first-order chi connectivity index (χ1) is 26.1. The highest BCUT2D eigenvalue weighted by molar-refractivity contribution is 6.01. The summed E-state index contributed by atoms with van der Waals surface area (Å²) in [4.78, 5) is 47.1. The van der Waals surface area contributed by atoms with Gasteiger partial charge in [-0.05, 0) is 71.6 Å². The van der Waals surface area contributed by atoms with E-state index in [-0.39, 0.29) is 48.8 Å². The van der Waals surface area contributed by atoms with Crippen LogP contribution in [-0.2, 0) is 27.5 Å². The van der Waals surface area contributed by atoms with Gasteiger partial charge in [-0.15, -0.1) is 0 Å². The quantitative estimate of drug-likeness (QED) is 0.0345. The minimum Gasteiger partial charge on any atom is -0.493 e. The van der Waals surface area contributed by atoms with Crippen molar-refractivity contribution < 1.29 is 38.1 Å². The van der Waals surface area contributed by atoms with Gasteiger partial charge in [0.25, 0.3) is 0 Å². The lowest BCUT2D eigenvalue weighted by Gasteiger charge is -2.46. The SMILES string of the molecule is COc1cc(COc2ccc3nc4ccc(=O)cc-4oc3c2)ccc1OC/C=C/C1=C(C(=O)OCc2ccc(N=[N+]=[N-])cc2)N2C(=O)[C@H]([C@@H](C)O)[C@H]2[C@H]1C. The molecule has 14 nitrogen and oxygen atoms in total. The van der Waals surface area contributed by atoms with E-state index in [0.29, 0.717) is 56.6 Å². The van der Waals surface area contributed by atoms with Crippen molar-refractivity contribution in [1.29, 1.82) is 0 Å². The summed E-state index contributed by atoms with van der Waals surface area (Å²) in [5.41, 5.74) is 12.8. The number of β-lactam (4-membered cyclic amide) rings is 1. The number of hydrogen-bond donors (Lipinski definition) is 1. The van der Waals surface area contributed by atoms with Gasteiger partial charge in [0.15, 0.2) is 28.3 Å². The van der Waals surface area contributed by atoms with E-state index in [9.17, 15) is 19.5 Å². The standard InChI is InChI=1S/C40H35N5O9/c1-22-29(38(45-37(22)36(23(2)46)39(45)48)40(49)53-20-24-6-9-26(10-7-24)43-44-41)5-4-16-51-32-15-8-25(17-35(32)50-3)21-52-28-12-14-31-34(19-28)54-33-18-27(47)11-13-30(33)42-31/h4-15,17-19,22-23,36-37,46H,16,20-21H2,1-3H3/b5-4+/t22-,23+,36+,37+/m0/s1. The molecular weight excluding hydrogens is 694 g/mol. The third-order valence-electron chi connectivity index (χ3n) is 9.47. The Morgan fingerprint density at radius 2 is 1.81 bits per heavy atom. The lowest BCUT2D eigenvalue weighted by atomic mass is 9.78. The second-order valence-corrected chi connectivity index (χ2v) is 13.0. The van der Waals surface area contributed by atoms with Crippen molar-refractivity contribution in [3.05, 3.63) is 134 Å². The minimum absolute atomic E-state index is 0.0576. The maximum Gasteiger partial charge on any atom is 0.355 e. The Morgan fingerprint density at radius 3 is 2.57 bits per heavy atom. The van der Waals surface area contributed by atoms with Crippen LogP contribution < -0.4 is 19.6 Å². The predicted molar refractivity (Wildman–Crippen MR) is 196 cm³/mol. The molecule has 7 rings (SSSR count). The van der Waals surface area contributed by atoms with Crippen LogP contribution in [0, 0.1) is 11.8 Å². The lowest BCUT2D eigenvalue weighted by molar-refractivity contribution is -0.164. The van der Waals surface area contributed by atoms with Crippen molar-refractivity contribution in [3.8, 4) is 28.7 Å². The summed E-state index contributed by atoms with van der Waals surface area (Å²) in [6, 6.07) is 21.4. The van der Waals surface area contributed by atoms with E-state index >= 15 is 0 Å². The molecule has 4 aliphatic rings. The summed E-state index contributed by atoms with van der Waals surface area (Å²) in [6.45, 7) is 3.77. The Labute approximate surface area is 308 Å². The molecule has 0 bridgehead atoms. The van der Waals surface area contributed by atoms with Crippen molar-refractivity contribution in [2.45, 2.75) is 39.2 Å². The number of aliphatic hydroxyl groups excluding tert-OH is 1. The molecule has 0 unspecified atom stereocenters. The number of fused-ring (bicyclic) bond motifs is 3. The fraction of sp³-hybridized carbons (Fsp3) is 0.250. The van der Waals surface area contributed by atoms with Crippen molar-refractivity contribution >= 4 is 28.7 Å². The number of methoxy groups -OCH3 is 1. The van der Waals surface area contributed by atoms with Crippen LogP contribution in [0.1, 0.15) is 25.0 Å². The van der Waals surface area contributed by atoms with Gasteiger partial charge in [-0.3, -0.25) is 9.59 Å². The summed E-state index contributed by atoms with van der Waals surface area (Å²) in [5, 5.41) is 13.9. The number of allylic oxidation sites excluding steroid dienone is 1. The van der Waals surface area contributed by atoms with Gasteiger partial charge < -0.3 is 33.4 Å². The molecule has 1 fully saturated rings. The smallest absolute Gasteiger partial charge is 0.355 e. The summed E-state index contributed by atoms with van der Waals surface area (Å²) in [7, 11) is 1.54. The molecule has 0 saturated carbocycles. The molecule has 1 saturated heterocycles. The zero-order valence-electron chi connectivity index (χ0n) is 29.5. The highest BCUT2D eigenvalue weighted by Gasteiger charge is 2.59. The molecule has 3 aromatic rings. The molecule has 3 aromatic carbocycles. The minimum atomic E-state index is -0.879. The predicted octanol–water partition coefficient (Wildman–Crippen LogP) is 6.61. The van der Waals surface area contributed by atoms with Crippen LogP contribution in [0.4, 0.5) is 5.69 Å².